The van der Waals surface area contributed by atoms with E-state index < -0.39 is 6.09 Å². The van der Waals surface area contributed by atoms with Gasteiger partial charge in [0.2, 0.25) is 0 Å². The molecule has 0 heterocycles. The number of nitrogens with one attached hydrogen (secondary N) is 2. The summed E-state index contributed by atoms with van der Waals surface area (Å²) in [4.78, 5) is 11.3. The van der Waals surface area contributed by atoms with E-state index >= 15 is 0 Å². The molecule has 4 nitrogen and oxygen atoms in total. The van der Waals surface area contributed by atoms with Crippen LogP contribution in [0.15, 0.2) is 24.3 Å². The van der Waals surface area contributed by atoms with Gasteiger partial charge in [-0.15, -0.1) is 0 Å². The first-order valence-electron chi connectivity index (χ1n) is 7.08. The van der Waals surface area contributed by atoms with Crippen molar-refractivity contribution >= 4 is 17.5 Å². The van der Waals surface area contributed by atoms with Crippen molar-refractivity contribution in [3.05, 3.63) is 24.3 Å². The van der Waals surface area contributed by atoms with E-state index in [1.165, 1.54) is 32.1 Å². The SMILES string of the molecule is CCOC(=O)Nc1ccc(NC2CCCCC2)cc1. The molecule has 1 aromatic carbocycles. The number of anilines is 2. The van der Waals surface area contributed by atoms with E-state index in [4.69, 9.17) is 4.74 Å². The van der Waals surface area contributed by atoms with Gasteiger partial charge in [0.1, 0.15) is 0 Å². The van der Waals surface area contributed by atoms with Gasteiger partial charge in [-0.05, 0) is 44.0 Å². The van der Waals surface area contributed by atoms with Gasteiger partial charge in [0.15, 0.2) is 0 Å². The summed E-state index contributed by atoms with van der Waals surface area (Å²) in [6.07, 6.45) is 6.10. The normalized spacial score (nSPS) is 15.8. The molecule has 1 aromatic rings. The molecule has 1 aliphatic rings. The van der Waals surface area contributed by atoms with Crippen molar-refractivity contribution in [2.75, 3.05) is 17.2 Å². The first-order chi connectivity index (χ1) is 9.28. The van der Waals surface area contributed by atoms with Crippen LogP contribution in [-0.4, -0.2) is 18.7 Å². The summed E-state index contributed by atoms with van der Waals surface area (Å²) in [5.74, 6) is 0. The van der Waals surface area contributed by atoms with Crippen molar-refractivity contribution in [3.63, 3.8) is 0 Å². The van der Waals surface area contributed by atoms with Crippen LogP contribution in [0.1, 0.15) is 39.0 Å². The molecule has 1 amide bonds. The van der Waals surface area contributed by atoms with Crippen molar-refractivity contribution in [1.82, 2.24) is 0 Å². The zero-order valence-corrected chi connectivity index (χ0v) is 11.4. The van der Waals surface area contributed by atoms with Crippen LogP contribution in [0.2, 0.25) is 0 Å². The molecule has 0 aliphatic heterocycles. The highest BCUT2D eigenvalue weighted by atomic mass is 16.5. The molecular formula is C15H22N2O2. The van der Waals surface area contributed by atoms with Gasteiger partial charge in [-0.1, -0.05) is 19.3 Å². The summed E-state index contributed by atoms with van der Waals surface area (Å²) in [6, 6.07) is 8.37. The lowest BCUT2D eigenvalue weighted by molar-refractivity contribution is 0.168. The Kier molecular flexibility index (Phi) is 5.07. The Morgan fingerprint density at radius 3 is 2.42 bits per heavy atom. The molecule has 1 fully saturated rings. The Hall–Kier alpha value is -1.71. The average Bonchev–Trinajstić information content (AvgIpc) is 2.42. The topological polar surface area (TPSA) is 50.4 Å². The first kappa shape index (κ1) is 13.7. The van der Waals surface area contributed by atoms with E-state index in [1.807, 2.05) is 24.3 Å². The molecule has 0 bridgehead atoms. The van der Waals surface area contributed by atoms with E-state index in [9.17, 15) is 4.79 Å². The van der Waals surface area contributed by atoms with Crippen LogP contribution >= 0.6 is 0 Å². The molecule has 2 rings (SSSR count). The van der Waals surface area contributed by atoms with Crippen LogP contribution in [-0.2, 0) is 4.74 Å². The number of hydrogen-bond acceptors (Lipinski definition) is 3. The molecule has 0 radical (unpaired) electrons. The third-order valence-corrected chi connectivity index (χ3v) is 3.38. The molecule has 2 N–H and O–H groups in total. The lowest BCUT2D eigenvalue weighted by atomic mass is 9.95. The lowest BCUT2D eigenvalue weighted by Crippen LogP contribution is -2.22. The van der Waals surface area contributed by atoms with E-state index in [1.54, 1.807) is 6.92 Å². The fraction of sp³-hybridized carbons (Fsp3) is 0.533. The Labute approximate surface area is 114 Å². The number of carbonyl (C=O) groups excluding carboxylic acids is 1. The van der Waals surface area contributed by atoms with Gasteiger partial charge < -0.3 is 10.1 Å². The first-order valence-corrected chi connectivity index (χ1v) is 7.08. The molecule has 1 saturated carbocycles. The van der Waals surface area contributed by atoms with Crippen LogP contribution in [0.5, 0.6) is 0 Å². The zero-order valence-electron chi connectivity index (χ0n) is 11.4. The summed E-state index contributed by atoms with van der Waals surface area (Å²) in [7, 11) is 0. The summed E-state index contributed by atoms with van der Waals surface area (Å²) in [6.45, 7) is 2.17. The second kappa shape index (κ2) is 7.02. The van der Waals surface area contributed by atoms with Crippen LogP contribution in [0.4, 0.5) is 16.2 Å². The molecule has 4 heteroatoms. The fourth-order valence-corrected chi connectivity index (χ4v) is 2.42. The highest BCUT2D eigenvalue weighted by Gasteiger charge is 2.12. The minimum Gasteiger partial charge on any atom is -0.450 e. The second-order valence-corrected chi connectivity index (χ2v) is 4.90. The summed E-state index contributed by atoms with van der Waals surface area (Å²) >= 11 is 0. The number of amides is 1. The average molecular weight is 262 g/mol. The molecule has 104 valence electrons. The van der Waals surface area contributed by atoms with Gasteiger partial charge in [-0.3, -0.25) is 5.32 Å². The molecule has 0 aromatic heterocycles. The number of benzene rings is 1. The van der Waals surface area contributed by atoms with E-state index in [-0.39, 0.29) is 0 Å². The van der Waals surface area contributed by atoms with Crippen LogP contribution in [0, 0.1) is 0 Å². The summed E-state index contributed by atoms with van der Waals surface area (Å²) < 4.78 is 4.83. The molecule has 19 heavy (non-hydrogen) atoms. The fourth-order valence-electron chi connectivity index (χ4n) is 2.42. The highest BCUT2D eigenvalue weighted by molar-refractivity contribution is 5.84. The number of rotatable bonds is 4. The highest BCUT2D eigenvalue weighted by Crippen LogP contribution is 2.22. The third-order valence-electron chi connectivity index (χ3n) is 3.38. The van der Waals surface area contributed by atoms with Crippen molar-refractivity contribution < 1.29 is 9.53 Å². The van der Waals surface area contributed by atoms with Crippen molar-refractivity contribution in [2.24, 2.45) is 0 Å². The van der Waals surface area contributed by atoms with Crippen molar-refractivity contribution in [3.8, 4) is 0 Å². The number of hydrogen-bond donors (Lipinski definition) is 2. The molecule has 0 spiro atoms. The van der Waals surface area contributed by atoms with Gasteiger partial charge in [0.05, 0.1) is 6.61 Å². The second-order valence-electron chi connectivity index (χ2n) is 4.90. The molecule has 0 unspecified atom stereocenters. The van der Waals surface area contributed by atoms with Gasteiger partial charge >= 0.3 is 6.09 Å². The maximum atomic E-state index is 11.3. The smallest absolute Gasteiger partial charge is 0.411 e. The third kappa shape index (κ3) is 4.47. The Bertz CT molecular complexity index is 397. The Morgan fingerprint density at radius 2 is 1.79 bits per heavy atom. The number of ether oxygens (including phenoxy) is 1. The van der Waals surface area contributed by atoms with Crippen LogP contribution in [0.25, 0.3) is 0 Å². The molecule has 1 aliphatic carbocycles. The maximum Gasteiger partial charge on any atom is 0.411 e. The van der Waals surface area contributed by atoms with Gasteiger partial charge in [-0.25, -0.2) is 4.79 Å². The van der Waals surface area contributed by atoms with Crippen molar-refractivity contribution in [2.45, 2.75) is 45.1 Å². The van der Waals surface area contributed by atoms with Crippen molar-refractivity contribution in [1.29, 1.82) is 0 Å². The quantitative estimate of drug-likeness (QED) is 0.862. The Morgan fingerprint density at radius 1 is 1.16 bits per heavy atom. The molecule has 0 saturated heterocycles. The molecular weight excluding hydrogens is 240 g/mol. The largest absolute Gasteiger partial charge is 0.450 e. The van der Waals surface area contributed by atoms with Gasteiger partial charge in [0.25, 0.3) is 0 Å². The van der Waals surface area contributed by atoms with Gasteiger partial charge in [-0.2, -0.15) is 0 Å². The van der Waals surface area contributed by atoms with E-state index in [2.05, 4.69) is 10.6 Å². The monoisotopic (exact) mass is 262 g/mol. The predicted molar refractivity (Wildman–Crippen MR) is 77.6 cm³/mol. The standard InChI is InChI=1S/C15H22N2O2/c1-2-19-15(18)17-14-10-8-13(9-11-14)16-12-6-4-3-5-7-12/h8-12,16H,2-7H2,1H3,(H,17,18). The Balaban J connectivity index is 1.85. The maximum absolute atomic E-state index is 11.3. The predicted octanol–water partition coefficient (Wildman–Crippen LogP) is 4.00. The minimum absolute atomic E-state index is 0.382. The minimum atomic E-state index is -0.407. The van der Waals surface area contributed by atoms with Gasteiger partial charge in [0, 0.05) is 17.4 Å². The van der Waals surface area contributed by atoms with E-state index in [0.29, 0.717) is 12.6 Å². The zero-order chi connectivity index (χ0) is 13.5. The van der Waals surface area contributed by atoms with Crippen LogP contribution in [0.3, 0.4) is 0 Å². The van der Waals surface area contributed by atoms with Crippen LogP contribution < -0.4 is 10.6 Å². The summed E-state index contributed by atoms with van der Waals surface area (Å²) in [5, 5.41) is 6.23. The molecule has 0 atom stereocenters. The van der Waals surface area contributed by atoms with E-state index in [0.717, 1.165) is 11.4 Å². The lowest BCUT2D eigenvalue weighted by Gasteiger charge is -2.23. The number of carbonyl (C=O) groups is 1. The summed E-state index contributed by atoms with van der Waals surface area (Å²) in [5.41, 5.74) is 1.87.